The molecule has 1 unspecified atom stereocenters. The van der Waals surface area contributed by atoms with Gasteiger partial charge < -0.3 is 9.84 Å². The highest BCUT2D eigenvalue weighted by molar-refractivity contribution is 5.18. The highest BCUT2D eigenvalue weighted by atomic mass is 19.4. The van der Waals surface area contributed by atoms with E-state index in [1.807, 2.05) is 12.1 Å². The van der Waals surface area contributed by atoms with E-state index < -0.39 is 18.1 Å². The van der Waals surface area contributed by atoms with Crippen LogP contribution in [-0.2, 0) is 6.18 Å². The number of hydrogen-bond donors (Lipinski definition) is 1. The van der Waals surface area contributed by atoms with E-state index in [1.165, 1.54) is 0 Å². The number of rotatable bonds is 4. The van der Waals surface area contributed by atoms with Crippen LogP contribution in [0.5, 0.6) is 5.75 Å². The Labute approximate surface area is 148 Å². The summed E-state index contributed by atoms with van der Waals surface area (Å²) in [5.74, 6) is -0.695. The predicted molar refractivity (Wildman–Crippen MR) is 85.0 cm³/mol. The van der Waals surface area contributed by atoms with Gasteiger partial charge in [-0.3, -0.25) is 4.98 Å². The minimum Gasteiger partial charge on any atom is -0.487 e. The second-order valence-corrected chi connectivity index (χ2v) is 7.29. The molecule has 4 rings (SSSR count). The Hall–Kier alpha value is -2.22. The third-order valence-corrected chi connectivity index (χ3v) is 5.37. The number of ether oxygens (including phenoxy) is 1. The lowest BCUT2D eigenvalue weighted by atomic mass is 9.49. The maximum absolute atomic E-state index is 12.4. The van der Waals surface area contributed by atoms with Gasteiger partial charge in [-0.15, -0.1) is 0 Å². The van der Waals surface area contributed by atoms with Crippen molar-refractivity contribution >= 4 is 0 Å². The van der Waals surface area contributed by atoms with Crippen molar-refractivity contribution in [1.29, 1.82) is 0 Å². The first kappa shape index (κ1) is 17.2. The van der Waals surface area contributed by atoms with Crippen LogP contribution in [-0.4, -0.2) is 26.2 Å². The molecule has 0 amide bonds. The topological polar surface area (TPSA) is 68.1 Å². The average molecular weight is 365 g/mol. The van der Waals surface area contributed by atoms with Gasteiger partial charge in [0.05, 0.1) is 24.6 Å². The SMILES string of the molecule is OC(c1cccnc1)C1CC2(CC(Oc3cnc(C(F)(F)F)nc3)C2)C1. The van der Waals surface area contributed by atoms with Gasteiger partial charge in [-0.25, -0.2) is 9.97 Å². The summed E-state index contributed by atoms with van der Waals surface area (Å²) in [7, 11) is 0. The van der Waals surface area contributed by atoms with Crippen molar-refractivity contribution in [3.63, 3.8) is 0 Å². The van der Waals surface area contributed by atoms with Gasteiger partial charge in [-0.1, -0.05) is 6.07 Å². The molecular weight excluding hydrogens is 347 g/mol. The monoisotopic (exact) mass is 365 g/mol. The number of pyridine rings is 1. The Morgan fingerprint density at radius 3 is 2.38 bits per heavy atom. The first-order chi connectivity index (χ1) is 12.3. The fourth-order valence-corrected chi connectivity index (χ4v) is 4.14. The maximum Gasteiger partial charge on any atom is 0.451 e. The molecular formula is C18H18F3N3O2. The zero-order chi connectivity index (χ0) is 18.4. The summed E-state index contributed by atoms with van der Waals surface area (Å²) in [6.45, 7) is 0. The van der Waals surface area contributed by atoms with Crippen LogP contribution in [0.4, 0.5) is 13.2 Å². The summed E-state index contributed by atoms with van der Waals surface area (Å²) in [4.78, 5) is 10.6. The molecule has 2 aliphatic rings. The van der Waals surface area contributed by atoms with Gasteiger partial charge >= 0.3 is 6.18 Å². The fourth-order valence-electron chi connectivity index (χ4n) is 4.14. The highest BCUT2D eigenvalue weighted by Gasteiger charge is 2.55. The molecule has 0 aliphatic heterocycles. The molecule has 1 atom stereocenters. The lowest BCUT2D eigenvalue weighted by Gasteiger charge is -2.58. The Morgan fingerprint density at radius 1 is 1.12 bits per heavy atom. The van der Waals surface area contributed by atoms with E-state index in [2.05, 4.69) is 15.0 Å². The van der Waals surface area contributed by atoms with E-state index in [0.29, 0.717) is 0 Å². The molecule has 2 saturated carbocycles. The van der Waals surface area contributed by atoms with Gasteiger partial charge in [0.15, 0.2) is 5.75 Å². The Bertz CT molecular complexity index is 754. The van der Waals surface area contributed by atoms with Crippen LogP contribution in [0.25, 0.3) is 0 Å². The molecule has 0 aromatic carbocycles. The third kappa shape index (κ3) is 3.25. The molecule has 26 heavy (non-hydrogen) atoms. The van der Waals surface area contributed by atoms with Crippen molar-refractivity contribution in [2.24, 2.45) is 11.3 Å². The number of aliphatic hydroxyl groups is 1. The van der Waals surface area contributed by atoms with Gasteiger partial charge in [-0.05, 0) is 48.6 Å². The molecule has 2 aliphatic carbocycles. The predicted octanol–water partition coefficient (Wildman–Crippen LogP) is 3.56. The molecule has 0 bridgehead atoms. The van der Waals surface area contributed by atoms with E-state index in [-0.39, 0.29) is 23.2 Å². The summed E-state index contributed by atoms with van der Waals surface area (Å²) in [5, 5.41) is 10.4. The summed E-state index contributed by atoms with van der Waals surface area (Å²) in [6.07, 6.45) is 3.93. The van der Waals surface area contributed by atoms with E-state index in [1.54, 1.807) is 12.4 Å². The lowest BCUT2D eigenvalue weighted by molar-refractivity contribution is -0.145. The number of alkyl halides is 3. The Balaban J connectivity index is 1.26. The maximum atomic E-state index is 12.4. The molecule has 2 aromatic rings. The molecule has 8 heteroatoms. The zero-order valence-corrected chi connectivity index (χ0v) is 13.9. The largest absolute Gasteiger partial charge is 0.487 e. The summed E-state index contributed by atoms with van der Waals surface area (Å²) >= 11 is 0. The summed E-state index contributed by atoms with van der Waals surface area (Å²) < 4.78 is 43.0. The third-order valence-electron chi connectivity index (χ3n) is 5.37. The van der Waals surface area contributed by atoms with Crippen molar-refractivity contribution < 1.29 is 23.0 Å². The molecule has 138 valence electrons. The van der Waals surface area contributed by atoms with Crippen LogP contribution in [0.3, 0.4) is 0 Å². The second-order valence-electron chi connectivity index (χ2n) is 7.29. The number of aliphatic hydroxyl groups excluding tert-OH is 1. The Kier molecular flexibility index (Phi) is 4.10. The lowest BCUT2D eigenvalue weighted by Crippen LogP contribution is -2.53. The number of nitrogens with zero attached hydrogens (tertiary/aromatic N) is 3. The van der Waals surface area contributed by atoms with Crippen LogP contribution in [0.15, 0.2) is 36.9 Å². The normalized spacial score (nSPS) is 28.9. The quantitative estimate of drug-likeness (QED) is 0.897. The fraction of sp³-hybridized carbons (Fsp3) is 0.500. The van der Waals surface area contributed by atoms with Crippen molar-refractivity contribution in [3.8, 4) is 5.75 Å². The van der Waals surface area contributed by atoms with Crippen LogP contribution in [0.1, 0.15) is 43.2 Å². The summed E-state index contributed by atoms with van der Waals surface area (Å²) in [6, 6.07) is 3.69. The van der Waals surface area contributed by atoms with Crippen molar-refractivity contribution in [1.82, 2.24) is 15.0 Å². The first-order valence-corrected chi connectivity index (χ1v) is 8.49. The standard InChI is InChI=1S/C18H18F3N3O2/c19-18(20,21)16-23-9-14(10-24-16)26-13-6-17(7-13)4-12(5-17)15(25)11-2-1-3-22-8-11/h1-3,8-10,12-13,15,25H,4-7H2. The van der Waals surface area contributed by atoms with E-state index in [0.717, 1.165) is 43.6 Å². The van der Waals surface area contributed by atoms with Gasteiger partial charge in [0.1, 0.15) is 0 Å². The number of halogens is 3. The van der Waals surface area contributed by atoms with Gasteiger partial charge in [0.2, 0.25) is 5.82 Å². The van der Waals surface area contributed by atoms with Crippen molar-refractivity contribution in [3.05, 3.63) is 48.3 Å². The zero-order valence-electron chi connectivity index (χ0n) is 13.9. The minimum absolute atomic E-state index is 0.0354. The first-order valence-electron chi connectivity index (χ1n) is 8.49. The molecule has 0 saturated heterocycles. The van der Waals surface area contributed by atoms with Crippen LogP contribution >= 0.6 is 0 Å². The van der Waals surface area contributed by atoms with Crippen molar-refractivity contribution in [2.75, 3.05) is 0 Å². The van der Waals surface area contributed by atoms with Crippen LogP contribution in [0, 0.1) is 11.3 Å². The van der Waals surface area contributed by atoms with E-state index >= 15 is 0 Å². The van der Waals surface area contributed by atoms with Gasteiger partial charge in [0.25, 0.3) is 0 Å². The number of hydrogen-bond acceptors (Lipinski definition) is 5. The highest BCUT2D eigenvalue weighted by Crippen LogP contribution is 2.61. The van der Waals surface area contributed by atoms with Crippen LogP contribution in [0.2, 0.25) is 0 Å². The summed E-state index contributed by atoms with van der Waals surface area (Å²) in [5.41, 5.74) is 1.02. The number of aromatic nitrogens is 3. The molecule has 1 N–H and O–H groups in total. The van der Waals surface area contributed by atoms with E-state index in [9.17, 15) is 18.3 Å². The van der Waals surface area contributed by atoms with Crippen molar-refractivity contribution in [2.45, 2.75) is 44.1 Å². The molecule has 1 spiro atoms. The average Bonchev–Trinajstić information content (AvgIpc) is 2.55. The second kappa shape index (κ2) is 6.19. The van der Waals surface area contributed by atoms with Gasteiger partial charge in [0, 0.05) is 12.4 Å². The molecule has 2 heterocycles. The molecule has 5 nitrogen and oxygen atoms in total. The molecule has 0 radical (unpaired) electrons. The van der Waals surface area contributed by atoms with Crippen LogP contribution < -0.4 is 4.74 Å². The Morgan fingerprint density at radius 2 is 1.81 bits per heavy atom. The molecule has 2 fully saturated rings. The van der Waals surface area contributed by atoms with E-state index in [4.69, 9.17) is 4.74 Å². The van der Waals surface area contributed by atoms with Gasteiger partial charge in [-0.2, -0.15) is 13.2 Å². The smallest absolute Gasteiger partial charge is 0.451 e. The molecule has 2 aromatic heterocycles. The minimum atomic E-state index is -4.55.